The Morgan fingerprint density at radius 3 is 2.28 bits per heavy atom. The van der Waals surface area contributed by atoms with Gasteiger partial charge in [-0.2, -0.15) is 0 Å². The van der Waals surface area contributed by atoms with Crippen molar-refractivity contribution in [1.29, 1.82) is 0 Å². The third kappa shape index (κ3) is 9.95. The molecule has 0 aromatic carbocycles. The van der Waals surface area contributed by atoms with Crippen LogP contribution in [0.25, 0.3) is 0 Å². The molecule has 0 aliphatic carbocycles. The number of morpholine rings is 1. The second-order valence-electron chi connectivity index (χ2n) is 6.30. The van der Waals surface area contributed by atoms with E-state index >= 15 is 0 Å². The number of rotatable bonds is 9. The summed E-state index contributed by atoms with van der Waals surface area (Å²) >= 11 is 0. The van der Waals surface area contributed by atoms with Crippen molar-refractivity contribution in [2.45, 2.75) is 32.7 Å². The first-order valence-corrected chi connectivity index (χ1v) is 10.9. The molecule has 1 atom stereocenters. The molecule has 1 aliphatic heterocycles. The molecule has 150 valence electrons. The molecule has 1 fully saturated rings. The third-order valence-electron chi connectivity index (χ3n) is 4.58. The Morgan fingerprint density at radius 1 is 1.20 bits per heavy atom. The summed E-state index contributed by atoms with van der Waals surface area (Å²) < 4.78 is 27.9. The van der Waals surface area contributed by atoms with Crippen LogP contribution in [0.15, 0.2) is 4.99 Å². The lowest BCUT2D eigenvalue weighted by Crippen LogP contribution is -2.53. The zero-order chi connectivity index (χ0) is 18.0. The second-order valence-corrected chi connectivity index (χ2v) is 8.56. The normalized spacial score (nSPS) is 17.9. The molecule has 7 nitrogen and oxygen atoms in total. The van der Waals surface area contributed by atoms with Gasteiger partial charge < -0.3 is 15.4 Å². The maximum Gasteiger partial charge on any atom is 0.191 e. The molecule has 0 radical (unpaired) electrons. The van der Waals surface area contributed by atoms with E-state index in [-0.39, 0.29) is 29.7 Å². The highest BCUT2D eigenvalue weighted by atomic mass is 127. The zero-order valence-corrected chi connectivity index (χ0v) is 19.1. The van der Waals surface area contributed by atoms with Gasteiger partial charge in [0.15, 0.2) is 5.96 Å². The van der Waals surface area contributed by atoms with Crippen LogP contribution in [0.1, 0.15) is 26.7 Å². The van der Waals surface area contributed by atoms with Crippen molar-refractivity contribution in [3.63, 3.8) is 0 Å². The summed E-state index contributed by atoms with van der Waals surface area (Å²) in [5.74, 6) is 1.38. The average molecular weight is 490 g/mol. The summed E-state index contributed by atoms with van der Waals surface area (Å²) in [6.45, 7) is 9.14. The first kappa shape index (κ1) is 24.9. The van der Waals surface area contributed by atoms with Crippen LogP contribution in [-0.4, -0.2) is 83.8 Å². The molecule has 1 heterocycles. The van der Waals surface area contributed by atoms with Gasteiger partial charge in [-0.05, 0) is 5.92 Å². The van der Waals surface area contributed by atoms with E-state index in [1.165, 1.54) is 6.26 Å². The molecule has 1 unspecified atom stereocenters. The van der Waals surface area contributed by atoms with Crippen molar-refractivity contribution in [2.24, 2.45) is 10.9 Å². The number of aliphatic imine (C=N–C) groups is 1. The van der Waals surface area contributed by atoms with Crippen molar-refractivity contribution in [1.82, 2.24) is 15.5 Å². The Balaban J connectivity index is 0.00000576. The SMILES string of the molecule is CCC(CC)C(CNC(=NC)NCCS(C)(=O)=O)N1CCOCC1.I. The summed E-state index contributed by atoms with van der Waals surface area (Å²) in [6.07, 6.45) is 3.52. The van der Waals surface area contributed by atoms with E-state index in [1.807, 2.05) is 0 Å². The molecule has 0 amide bonds. The summed E-state index contributed by atoms with van der Waals surface area (Å²) in [5.41, 5.74) is 0. The van der Waals surface area contributed by atoms with Crippen LogP contribution in [0.4, 0.5) is 0 Å². The molecule has 2 N–H and O–H groups in total. The smallest absolute Gasteiger partial charge is 0.191 e. The van der Waals surface area contributed by atoms with Crippen LogP contribution in [-0.2, 0) is 14.6 Å². The van der Waals surface area contributed by atoms with Gasteiger partial charge in [-0.1, -0.05) is 26.7 Å². The quantitative estimate of drug-likeness (QED) is 0.285. The van der Waals surface area contributed by atoms with Gasteiger partial charge in [0, 0.05) is 45.5 Å². The van der Waals surface area contributed by atoms with Gasteiger partial charge in [0.2, 0.25) is 0 Å². The van der Waals surface area contributed by atoms with E-state index in [4.69, 9.17) is 4.74 Å². The first-order valence-electron chi connectivity index (χ1n) is 8.85. The molecule has 0 bridgehead atoms. The van der Waals surface area contributed by atoms with Crippen molar-refractivity contribution >= 4 is 39.8 Å². The number of hydrogen-bond acceptors (Lipinski definition) is 5. The Hall–Kier alpha value is -0.130. The fourth-order valence-electron chi connectivity index (χ4n) is 3.11. The number of guanidine groups is 1. The van der Waals surface area contributed by atoms with E-state index < -0.39 is 9.84 Å². The predicted octanol–water partition coefficient (Wildman–Crippen LogP) is 0.951. The summed E-state index contributed by atoms with van der Waals surface area (Å²) in [5, 5.41) is 6.44. The lowest BCUT2D eigenvalue weighted by molar-refractivity contribution is 0.00272. The van der Waals surface area contributed by atoms with E-state index in [0.29, 0.717) is 24.5 Å². The number of ether oxygens (including phenoxy) is 1. The lowest BCUT2D eigenvalue weighted by atomic mass is 9.92. The summed E-state index contributed by atoms with van der Waals surface area (Å²) in [7, 11) is -1.26. The lowest BCUT2D eigenvalue weighted by Gasteiger charge is -2.39. The summed E-state index contributed by atoms with van der Waals surface area (Å²) in [6, 6.07) is 0.428. The average Bonchev–Trinajstić information content (AvgIpc) is 2.56. The first-order chi connectivity index (χ1) is 11.4. The van der Waals surface area contributed by atoms with Gasteiger partial charge in [0.1, 0.15) is 9.84 Å². The van der Waals surface area contributed by atoms with Crippen molar-refractivity contribution < 1.29 is 13.2 Å². The monoisotopic (exact) mass is 490 g/mol. The fraction of sp³-hybridized carbons (Fsp3) is 0.938. The molecular weight excluding hydrogens is 455 g/mol. The van der Waals surface area contributed by atoms with E-state index in [2.05, 4.69) is 34.4 Å². The molecular formula is C16H35IN4O3S. The number of nitrogens with zero attached hydrogens (tertiary/aromatic N) is 2. The van der Waals surface area contributed by atoms with Gasteiger partial charge in [0.05, 0.1) is 19.0 Å². The van der Waals surface area contributed by atoms with E-state index in [9.17, 15) is 8.42 Å². The van der Waals surface area contributed by atoms with Crippen LogP contribution in [0.5, 0.6) is 0 Å². The van der Waals surface area contributed by atoms with Gasteiger partial charge in [-0.25, -0.2) is 8.42 Å². The van der Waals surface area contributed by atoms with Crippen LogP contribution in [0.3, 0.4) is 0 Å². The number of hydrogen-bond donors (Lipinski definition) is 2. The molecule has 0 aromatic rings. The summed E-state index contributed by atoms with van der Waals surface area (Å²) in [4.78, 5) is 6.69. The standard InChI is InChI=1S/C16H34N4O3S.HI/c1-5-14(6-2)15(20-8-10-23-11-9-20)13-19-16(17-3)18-7-12-24(4,21)22;/h14-15H,5-13H2,1-4H3,(H2,17,18,19);1H. The maximum absolute atomic E-state index is 11.2. The number of nitrogens with one attached hydrogen (secondary N) is 2. The molecule has 0 aromatic heterocycles. The van der Waals surface area contributed by atoms with Gasteiger partial charge in [0.25, 0.3) is 0 Å². The molecule has 25 heavy (non-hydrogen) atoms. The molecule has 1 saturated heterocycles. The molecule has 1 aliphatic rings. The minimum atomic E-state index is -2.97. The van der Waals surface area contributed by atoms with Gasteiger partial charge in [-0.3, -0.25) is 9.89 Å². The topological polar surface area (TPSA) is 83.0 Å². The van der Waals surface area contributed by atoms with Crippen LogP contribution < -0.4 is 10.6 Å². The molecule has 1 rings (SSSR count). The minimum Gasteiger partial charge on any atom is -0.379 e. The largest absolute Gasteiger partial charge is 0.379 e. The van der Waals surface area contributed by atoms with Crippen molar-refractivity contribution in [3.8, 4) is 0 Å². The van der Waals surface area contributed by atoms with Crippen LogP contribution in [0.2, 0.25) is 0 Å². The highest BCUT2D eigenvalue weighted by molar-refractivity contribution is 14.0. The Kier molecular flexibility index (Phi) is 13.0. The second kappa shape index (κ2) is 13.1. The van der Waals surface area contributed by atoms with Gasteiger partial charge >= 0.3 is 0 Å². The van der Waals surface area contributed by atoms with E-state index in [1.54, 1.807) is 7.05 Å². The minimum absolute atomic E-state index is 0. The molecule has 0 saturated carbocycles. The predicted molar refractivity (Wildman–Crippen MR) is 115 cm³/mol. The number of halogens is 1. The van der Waals surface area contributed by atoms with Crippen molar-refractivity contribution in [2.75, 3.05) is 58.4 Å². The Bertz CT molecular complexity index is 478. The fourth-order valence-corrected chi connectivity index (χ4v) is 3.59. The highest BCUT2D eigenvalue weighted by Crippen LogP contribution is 2.19. The number of sulfone groups is 1. The molecule has 0 spiro atoms. The van der Waals surface area contributed by atoms with Crippen LogP contribution in [0, 0.1) is 5.92 Å². The highest BCUT2D eigenvalue weighted by Gasteiger charge is 2.26. The van der Waals surface area contributed by atoms with E-state index in [0.717, 1.165) is 45.7 Å². The maximum atomic E-state index is 11.2. The van der Waals surface area contributed by atoms with Crippen molar-refractivity contribution in [3.05, 3.63) is 0 Å². The Morgan fingerprint density at radius 2 is 1.80 bits per heavy atom. The zero-order valence-electron chi connectivity index (χ0n) is 16.0. The third-order valence-corrected chi connectivity index (χ3v) is 5.52. The molecule has 9 heteroatoms. The van der Waals surface area contributed by atoms with Crippen LogP contribution >= 0.6 is 24.0 Å². The van der Waals surface area contributed by atoms with Gasteiger partial charge in [-0.15, -0.1) is 24.0 Å². The Labute approximate surface area is 170 Å².